The predicted molar refractivity (Wildman–Crippen MR) is 75.1 cm³/mol. The number of anilines is 2. The van der Waals surface area contributed by atoms with E-state index in [1.54, 1.807) is 12.1 Å². The molecule has 0 bridgehead atoms. The minimum atomic E-state index is -2.83. The zero-order valence-electron chi connectivity index (χ0n) is 10.9. The Morgan fingerprint density at radius 1 is 1.53 bits per heavy atom. The van der Waals surface area contributed by atoms with Gasteiger partial charge in [0.05, 0.1) is 23.8 Å². The molecule has 0 aromatic carbocycles. The second-order valence-electron chi connectivity index (χ2n) is 4.67. The molecule has 1 aromatic heterocycles. The summed E-state index contributed by atoms with van der Waals surface area (Å²) in [4.78, 5) is 4.25. The van der Waals surface area contributed by atoms with Crippen LogP contribution in [0.1, 0.15) is 13.3 Å². The molecule has 6 nitrogen and oxygen atoms in total. The largest absolute Gasteiger partial charge is 0.476 e. The van der Waals surface area contributed by atoms with E-state index in [0.29, 0.717) is 42.7 Å². The van der Waals surface area contributed by atoms with Gasteiger partial charge in [0.2, 0.25) is 5.88 Å². The zero-order valence-corrected chi connectivity index (χ0v) is 11.7. The second kappa shape index (κ2) is 5.64. The lowest BCUT2D eigenvalue weighted by atomic mass is 10.1. The summed E-state index contributed by atoms with van der Waals surface area (Å²) in [5.41, 5.74) is 6.23. The van der Waals surface area contributed by atoms with Crippen molar-refractivity contribution in [3.05, 3.63) is 12.1 Å². The van der Waals surface area contributed by atoms with Gasteiger partial charge in [0.25, 0.3) is 0 Å². The third-order valence-electron chi connectivity index (χ3n) is 3.07. The second-order valence-corrected chi connectivity index (χ2v) is 6.90. The van der Waals surface area contributed by atoms with Gasteiger partial charge >= 0.3 is 0 Å². The summed E-state index contributed by atoms with van der Waals surface area (Å²) in [5.74, 6) is 1.76. The molecule has 1 aliphatic rings. The first-order valence-corrected chi connectivity index (χ1v) is 8.16. The number of hydrogen-bond acceptors (Lipinski definition) is 6. The SMILES string of the molecule is CCOc1nc(NCC2CCS(=O)(=O)C2)ccc1N. The van der Waals surface area contributed by atoms with E-state index < -0.39 is 9.84 Å². The topological polar surface area (TPSA) is 94.3 Å². The van der Waals surface area contributed by atoms with E-state index >= 15 is 0 Å². The standard InChI is InChI=1S/C12H19N3O3S/c1-2-18-12-10(13)3-4-11(15-12)14-7-9-5-6-19(16,17)8-9/h3-4,9H,2,5-8,13H2,1H3,(H,14,15). The van der Waals surface area contributed by atoms with Crippen LogP contribution in [0.3, 0.4) is 0 Å². The number of nitrogens with zero attached hydrogens (tertiary/aromatic N) is 1. The number of ether oxygens (including phenoxy) is 1. The van der Waals surface area contributed by atoms with Crippen molar-refractivity contribution in [1.29, 1.82) is 0 Å². The maximum atomic E-state index is 11.4. The summed E-state index contributed by atoms with van der Waals surface area (Å²) >= 11 is 0. The van der Waals surface area contributed by atoms with Crippen LogP contribution in [-0.2, 0) is 9.84 Å². The summed E-state index contributed by atoms with van der Waals surface area (Å²) in [6, 6.07) is 3.49. The lowest BCUT2D eigenvalue weighted by Crippen LogP contribution is -2.16. The van der Waals surface area contributed by atoms with Crippen LogP contribution < -0.4 is 15.8 Å². The highest BCUT2D eigenvalue weighted by molar-refractivity contribution is 7.91. The predicted octanol–water partition coefficient (Wildman–Crippen LogP) is 0.909. The van der Waals surface area contributed by atoms with Crippen molar-refractivity contribution in [3.63, 3.8) is 0 Å². The van der Waals surface area contributed by atoms with E-state index in [9.17, 15) is 8.42 Å². The smallest absolute Gasteiger partial charge is 0.239 e. The van der Waals surface area contributed by atoms with Gasteiger partial charge in [-0.15, -0.1) is 0 Å². The van der Waals surface area contributed by atoms with Gasteiger partial charge in [-0.25, -0.2) is 8.42 Å². The Balaban J connectivity index is 1.95. The number of nitrogens with two attached hydrogens (primary N) is 1. The molecular weight excluding hydrogens is 266 g/mol. The molecule has 0 aliphatic carbocycles. The average molecular weight is 285 g/mol. The number of aromatic nitrogens is 1. The molecule has 0 spiro atoms. The lowest BCUT2D eigenvalue weighted by molar-refractivity contribution is 0.329. The van der Waals surface area contributed by atoms with Gasteiger partial charge < -0.3 is 15.8 Å². The molecule has 2 rings (SSSR count). The first-order chi connectivity index (χ1) is 9.00. The molecule has 0 amide bonds. The molecule has 19 heavy (non-hydrogen) atoms. The van der Waals surface area contributed by atoms with Crippen LogP contribution in [0.4, 0.5) is 11.5 Å². The molecule has 0 radical (unpaired) electrons. The average Bonchev–Trinajstić information content (AvgIpc) is 2.70. The van der Waals surface area contributed by atoms with Crippen molar-refractivity contribution in [2.24, 2.45) is 5.92 Å². The van der Waals surface area contributed by atoms with Crippen LogP contribution in [0.15, 0.2) is 12.1 Å². The molecule has 1 fully saturated rings. The zero-order chi connectivity index (χ0) is 13.9. The Kier molecular flexibility index (Phi) is 4.14. The van der Waals surface area contributed by atoms with Gasteiger partial charge in [0.1, 0.15) is 5.82 Å². The van der Waals surface area contributed by atoms with Crippen molar-refractivity contribution < 1.29 is 13.2 Å². The van der Waals surface area contributed by atoms with Gasteiger partial charge in [-0.3, -0.25) is 0 Å². The number of hydrogen-bond donors (Lipinski definition) is 2. The van der Waals surface area contributed by atoms with Crippen LogP contribution in [0.2, 0.25) is 0 Å². The highest BCUT2D eigenvalue weighted by Crippen LogP contribution is 2.22. The van der Waals surface area contributed by atoms with E-state index in [4.69, 9.17) is 10.5 Å². The van der Waals surface area contributed by atoms with Gasteiger partial charge in [0, 0.05) is 6.54 Å². The van der Waals surface area contributed by atoms with Crippen molar-refractivity contribution in [2.75, 3.05) is 35.7 Å². The number of sulfone groups is 1. The van der Waals surface area contributed by atoms with Crippen molar-refractivity contribution in [1.82, 2.24) is 4.98 Å². The molecule has 1 aromatic rings. The van der Waals surface area contributed by atoms with Crippen LogP contribution in [-0.4, -0.2) is 38.1 Å². The highest BCUT2D eigenvalue weighted by atomic mass is 32.2. The molecule has 7 heteroatoms. The number of pyridine rings is 1. The minimum Gasteiger partial charge on any atom is -0.476 e. The Morgan fingerprint density at radius 2 is 2.32 bits per heavy atom. The lowest BCUT2D eigenvalue weighted by Gasteiger charge is -2.12. The van der Waals surface area contributed by atoms with Gasteiger partial charge in [0.15, 0.2) is 9.84 Å². The van der Waals surface area contributed by atoms with Crippen molar-refractivity contribution in [3.8, 4) is 5.88 Å². The van der Waals surface area contributed by atoms with Crippen LogP contribution in [0.25, 0.3) is 0 Å². The maximum Gasteiger partial charge on any atom is 0.239 e. The molecule has 2 heterocycles. The molecule has 1 saturated heterocycles. The quantitative estimate of drug-likeness (QED) is 0.835. The minimum absolute atomic E-state index is 0.153. The summed E-state index contributed by atoms with van der Waals surface area (Å²) in [5, 5.41) is 3.14. The summed E-state index contributed by atoms with van der Waals surface area (Å²) in [6.07, 6.45) is 0.711. The third-order valence-corrected chi connectivity index (χ3v) is 4.91. The summed E-state index contributed by atoms with van der Waals surface area (Å²) in [6.45, 7) is 2.97. The Morgan fingerprint density at radius 3 is 2.95 bits per heavy atom. The molecule has 106 valence electrons. The fourth-order valence-electron chi connectivity index (χ4n) is 2.08. The number of nitrogens with one attached hydrogen (secondary N) is 1. The van der Waals surface area contributed by atoms with Crippen molar-refractivity contribution >= 4 is 21.3 Å². The highest BCUT2D eigenvalue weighted by Gasteiger charge is 2.27. The van der Waals surface area contributed by atoms with Crippen LogP contribution >= 0.6 is 0 Å². The van der Waals surface area contributed by atoms with E-state index in [2.05, 4.69) is 10.3 Å². The van der Waals surface area contributed by atoms with Gasteiger partial charge in [-0.2, -0.15) is 4.98 Å². The van der Waals surface area contributed by atoms with Crippen LogP contribution in [0, 0.1) is 5.92 Å². The number of nitrogen functional groups attached to an aromatic ring is 1. The first kappa shape index (κ1) is 13.9. The Bertz CT molecular complexity index is 545. The van der Waals surface area contributed by atoms with Gasteiger partial charge in [-0.05, 0) is 31.4 Å². The molecule has 1 aliphatic heterocycles. The van der Waals surface area contributed by atoms with Crippen LogP contribution in [0.5, 0.6) is 5.88 Å². The third kappa shape index (κ3) is 3.73. The summed E-state index contributed by atoms with van der Waals surface area (Å²) < 4.78 is 28.0. The van der Waals surface area contributed by atoms with E-state index in [1.165, 1.54) is 0 Å². The Hall–Kier alpha value is -1.50. The molecular formula is C12H19N3O3S. The van der Waals surface area contributed by atoms with Crippen molar-refractivity contribution in [2.45, 2.75) is 13.3 Å². The molecule has 0 saturated carbocycles. The summed E-state index contributed by atoms with van der Waals surface area (Å²) in [7, 11) is -2.83. The van der Waals surface area contributed by atoms with E-state index in [-0.39, 0.29) is 11.7 Å². The molecule has 1 atom stereocenters. The van der Waals surface area contributed by atoms with E-state index in [0.717, 1.165) is 0 Å². The molecule has 1 unspecified atom stereocenters. The first-order valence-electron chi connectivity index (χ1n) is 6.34. The fraction of sp³-hybridized carbons (Fsp3) is 0.583. The maximum absolute atomic E-state index is 11.4. The van der Waals surface area contributed by atoms with E-state index in [1.807, 2.05) is 6.92 Å². The molecule has 3 N–H and O–H groups in total. The number of rotatable bonds is 5. The monoisotopic (exact) mass is 285 g/mol. The normalized spacial score (nSPS) is 21.2. The van der Waals surface area contributed by atoms with Gasteiger partial charge in [-0.1, -0.05) is 0 Å². The Labute approximate surface area is 113 Å². The fourth-order valence-corrected chi connectivity index (χ4v) is 3.95.